The van der Waals surface area contributed by atoms with E-state index in [9.17, 15) is 27.6 Å². The zero-order valence-corrected chi connectivity index (χ0v) is 12.8. The Morgan fingerprint density at radius 1 is 1.29 bits per heavy atom. The molecule has 1 atom stereocenters. The van der Waals surface area contributed by atoms with Gasteiger partial charge in [-0.05, 0) is 12.1 Å². The van der Waals surface area contributed by atoms with E-state index in [1.165, 1.54) is 19.2 Å². The molecule has 1 unspecified atom stereocenters. The van der Waals surface area contributed by atoms with E-state index in [-0.39, 0.29) is 24.2 Å². The van der Waals surface area contributed by atoms with Crippen LogP contribution in [0.4, 0.5) is 18.9 Å². The number of nitrogens with one attached hydrogen (secondary N) is 2. The first kappa shape index (κ1) is 17.8. The van der Waals surface area contributed by atoms with Gasteiger partial charge in [0, 0.05) is 20.0 Å². The minimum Gasteiger partial charge on any atom is -0.355 e. The molecule has 0 saturated carbocycles. The molecule has 1 saturated heterocycles. The first-order chi connectivity index (χ1) is 11.2. The minimum atomic E-state index is -4.51. The number of anilines is 1. The van der Waals surface area contributed by atoms with Gasteiger partial charge in [0.1, 0.15) is 6.54 Å². The van der Waals surface area contributed by atoms with Crippen molar-refractivity contribution in [3.8, 4) is 0 Å². The predicted octanol–water partition coefficient (Wildman–Crippen LogP) is 1.40. The van der Waals surface area contributed by atoms with Crippen molar-refractivity contribution in [2.75, 3.05) is 25.5 Å². The first-order valence-electron chi connectivity index (χ1n) is 7.18. The van der Waals surface area contributed by atoms with Crippen molar-refractivity contribution >= 4 is 23.4 Å². The van der Waals surface area contributed by atoms with Gasteiger partial charge in [0.2, 0.25) is 11.8 Å². The summed E-state index contributed by atoms with van der Waals surface area (Å²) in [5, 5.41) is 4.94. The van der Waals surface area contributed by atoms with E-state index in [0.29, 0.717) is 4.90 Å². The van der Waals surface area contributed by atoms with Gasteiger partial charge in [0.25, 0.3) is 5.91 Å². The summed E-state index contributed by atoms with van der Waals surface area (Å²) in [6.45, 7) is -1.67. The number of nitrogens with zero attached hydrogens (tertiary/aromatic N) is 1. The van der Waals surface area contributed by atoms with Crippen LogP contribution in [0.15, 0.2) is 24.3 Å². The largest absolute Gasteiger partial charge is 0.406 e. The maximum Gasteiger partial charge on any atom is 0.406 e. The molecule has 1 aliphatic rings. The number of carbonyl (C=O) groups excluding carboxylic acids is 3. The second kappa shape index (κ2) is 6.90. The molecule has 1 heterocycles. The van der Waals surface area contributed by atoms with E-state index in [0.717, 1.165) is 0 Å². The third-order valence-electron chi connectivity index (χ3n) is 3.61. The fourth-order valence-electron chi connectivity index (χ4n) is 2.48. The smallest absolute Gasteiger partial charge is 0.355 e. The van der Waals surface area contributed by atoms with Crippen molar-refractivity contribution in [3.05, 3.63) is 29.8 Å². The van der Waals surface area contributed by atoms with Gasteiger partial charge in [-0.15, -0.1) is 0 Å². The number of rotatable bonds is 4. The maximum absolute atomic E-state index is 12.4. The lowest BCUT2D eigenvalue weighted by Gasteiger charge is -2.18. The lowest BCUT2D eigenvalue weighted by Crippen LogP contribution is -2.36. The van der Waals surface area contributed by atoms with Gasteiger partial charge >= 0.3 is 6.18 Å². The van der Waals surface area contributed by atoms with Crippen LogP contribution >= 0.6 is 0 Å². The molecule has 24 heavy (non-hydrogen) atoms. The third-order valence-corrected chi connectivity index (χ3v) is 3.61. The molecule has 2 rings (SSSR count). The van der Waals surface area contributed by atoms with Crippen LogP contribution in [0.2, 0.25) is 0 Å². The summed E-state index contributed by atoms with van der Waals surface area (Å²) in [7, 11) is 1.44. The number of hydrogen-bond donors (Lipinski definition) is 2. The Kier molecular flexibility index (Phi) is 5.10. The lowest BCUT2D eigenvalue weighted by atomic mass is 10.1. The van der Waals surface area contributed by atoms with Crippen molar-refractivity contribution in [3.63, 3.8) is 0 Å². The summed E-state index contributed by atoms with van der Waals surface area (Å²) in [6.07, 6.45) is -4.79. The molecule has 0 aliphatic carbocycles. The molecule has 1 aromatic carbocycles. The highest BCUT2D eigenvalue weighted by Crippen LogP contribution is 2.25. The van der Waals surface area contributed by atoms with Gasteiger partial charge < -0.3 is 15.5 Å². The van der Waals surface area contributed by atoms with Crippen molar-refractivity contribution in [1.29, 1.82) is 0 Å². The highest BCUT2D eigenvalue weighted by Gasteiger charge is 2.40. The molecule has 0 bridgehead atoms. The molecule has 1 aliphatic heterocycles. The van der Waals surface area contributed by atoms with Crippen molar-refractivity contribution in [1.82, 2.24) is 10.2 Å². The Morgan fingerprint density at radius 2 is 1.96 bits per heavy atom. The molecule has 1 aromatic rings. The summed E-state index contributed by atoms with van der Waals surface area (Å²) in [5.74, 6) is -2.61. The van der Waals surface area contributed by atoms with E-state index < -0.39 is 36.4 Å². The molecule has 6 nitrogen and oxygen atoms in total. The fourth-order valence-corrected chi connectivity index (χ4v) is 2.48. The zero-order valence-electron chi connectivity index (χ0n) is 12.8. The maximum atomic E-state index is 12.4. The van der Waals surface area contributed by atoms with Crippen LogP contribution in [-0.4, -0.2) is 48.9 Å². The van der Waals surface area contributed by atoms with Crippen LogP contribution in [0.5, 0.6) is 0 Å². The summed E-state index contributed by atoms with van der Waals surface area (Å²) in [4.78, 5) is 36.2. The van der Waals surface area contributed by atoms with Gasteiger partial charge in [-0.1, -0.05) is 12.1 Å². The highest BCUT2D eigenvalue weighted by atomic mass is 19.4. The number of hydrogen-bond acceptors (Lipinski definition) is 3. The molecule has 2 N–H and O–H groups in total. The van der Waals surface area contributed by atoms with E-state index in [1.54, 1.807) is 12.1 Å². The number of amides is 3. The fraction of sp³-hybridized carbons (Fsp3) is 0.400. The van der Waals surface area contributed by atoms with E-state index in [1.807, 2.05) is 0 Å². The molecule has 0 spiro atoms. The quantitative estimate of drug-likeness (QED) is 0.867. The Morgan fingerprint density at radius 3 is 2.58 bits per heavy atom. The number of likely N-dealkylation sites (tertiary alicyclic amines) is 1. The minimum absolute atomic E-state index is 0.227. The summed E-state index contributed by atoms with van der Waals surface area (Å²) in [6, 6.07) is 6.24. The summed E-state index contributed by atoms with van der Waals surface area (Å²) < 4.78 is 37.2. The van der Waals surface area contributed by atoms with Gasteiger partial charge in [-0.3, -0.25) is 14.4 Å². The number of carbonyl (C=O) groups is 3. The molecule has 1 fully saturated rings. The average molecular weight is 343 g/mol. The molecule has 3 amide bonds. The predicted molar refractivity (Wildman–Crippen MR) is 79.2 cm³/mol. The summed E-state index contributed by atoms with van der Waals surface area (Å²) >= 11 is 0. The Labute approximate surface area is 136 Å². The third kappa shape index (κ3) is 4.24. The number of para-hydroxylation sites is 1. The standard InChI is InChI=1S/C15H16F3N3O3/c1-19-14(24)10-4-2-3-5-11(10)20-13(23)9-6-12(22)21(7-9)8-15(16,17)18/h2-5,9H,6-8H2,1H3,(H,19,24)(H,20,23). The monoisotopic (exact) mass is 343 g/mol. The van der Waals surface area contributed by atoms with Crippen LogP contribution < -0.4 is 10.6 Å². The second-order valence-corrected chi connectivity index (χ2v) is 5.40. The van der Waals surface area contributed by atoms with Crippen LogP contribution in [0.1, 0.15) is 16.8 Å². The van der Waals surface area contributed by atoms with E-state index in [4.69, 9.17) is 0 Å². The first-order valence-corrected chi connectivity index (χ1v) is 7.18. The number of halogens is 3. The van der Waals surface area contributed by atoms with Crippen LogP contribution in [-0.2, 0) is 9.59 Å². The Bertz CT molecular complexity index is 661. The normalized spacial score (nSPS) is 17.8. The second-order valence-electron chi connectivity index (χ2n) is 5.40. The molecule has 9 heteroatoms. The molecular weight excluding hydrogens is 327 g/mol. The lowest BCUT2D eigenvalue weighted by molar-refractivity contribution is -0.157. The van der Waals surface area contributed by atoms with Gasteiger partial charge in [0.05, 0.1) is 17.2 Å². The number of alkyl halides is 3. The average Bonchev–Trinajstić information content (AvgIpc) is 2.86. The van der Waals surface area contributed by atoms with Crippen LogP contribution in [0.3, 0.4) is 0 Å². The number of benzene rings is 1. The Hall–Kier alpha value is -2.58. The van der Waals surface area contributed by atoms with E-state index >= 15 is 0 Å². The zero-order chi connectivity index (χ0) is 17.9. The van der Waals surface area contributed by atoms with Gasteiger partial charge in [-0.2, -0.15) is 13.2 Å². The van der Waals surface area contributed by atoms with E-state index in [2.05, 4.69) is 10.6 Å². The van der Waals surface area contributed by atoms with Crippen molar-refractivity contribution < 1.29 is 27.6 Å². The SMILES string of the molecule is CNC(=O)c1ccccc1NC(=O)C1CC(=O)N(CC(F)(F)F)C1. The Balaban J connectivity index is 2.07. The van der Waals surface area contributed by atoms with Crippen LogP contribution in [0, 0.1) is 5.92 Å². The van der Waals surface area contributed by atoms with Crippen molar-refractivity contribution in [2.45, 2.75) is 12.6 Å². The molecule has 130 valence electrons. The molecule has 0 radical (unpaired) electrons. The molecular formula is C15H16F3N3O3. The van der Waals surface area contributed by atoms with Crippen molar-refractivity contribution in [2.24, 2.45) is 5.92 Å². The summed E-state index contributed by atoms with van der Waals surface area (Å²) in [5.41, 5.74) is 0.466. The van der Waals surface area contributed by atoms with Gasteiger partial charge in [0.15, 0.2) is 0 Å². The van der Waals surface area contributed by atoms with Crippen LogP contribution in [0.25, 0.3) is 0 Å². The topological polar surface area (TPSA) is 78.5 Å². The highest BCUT2D eigenvalue weighted by molar-refractivity contribution is 6.05. The van der Waals surface area contributed by atoms with Gasteiger partial charge in [-0.25, -0.2) is 0 Å². The molecule has 0 aromatic heterocycles.